The average Bonchev–Trinajstić information content (AvgIpc) is 2.31. The van der Waals surface area contributed by atoms with Crippen LogP contribution in [0.3, 0.4) is 0 Å². The van der Waals surface area contributed by atoms with Crippen molar-refractivity contribution in [3.8, 4) is 0 Å². The minimum Gasteiger partial charge on any atom is -0.469 e. The van der Waals surface area contributed by atoms with Gasteiger partial charge in [-0.25, -0.2) is 0 Å². The summed E-state index contributed by atoms with van der Waals surface area (Å²) in [5.74, 6) is 0.607. The third-order valence-electron chi connectivity index (χ3n) is 3.33. The van der Waals surface area contributed by atoms with Gasteiger partial charge in [-0.2, -0.15) is 0 Å². The molecule has 1 aliphatic carbocycles. The van der Waals surface area contributed by atoms with Crippen molar-refractivity contribution in [1.29, 1.82) is 0 Å². The van der Waals surface area contributed by atoms with Crippen molar-refractivity contribution in [1.82, 2.24) is 0 Å². The van der Waals surface area contributed by atoms with E-state index in [2.05, 4.69) is 9.47 Å². The maximum absolute atomic E-state index is 11.1. The molecule has 0 saturated heterocycles. The standard InChI is InChI=1S/C12H20O4/c1-15-11(13)7-9-3-5-10(6-4-9)8-12(14)16-2/h9-10H,3-8H2,1-2H3/t9-,10-. The maximum Gasteiger partial charge on any atom is 0.305 e. The predicted octanol–water partition coefficient (Wildman–Crippen LogP) is 1.92. The van der Waals surface area contributed by atoms with E-state index in [-0.39, 0.29) is 11.9 Å². The van der Waals surface area contributed by atoms with E-state index in [1.54, 1.807) is 0 Å². The highest BCUT2D eigenvalue weighted by Gasteiger charge is 2.24. The topological polar surface area (TPSA) is 52.6 Å². The monoisotopic (exact) mass is 228 g/mol. The second-order valence-electron chi connectivity index (χ2n) is 4.45. The summed E-state index contributed by atoms with van der Waals surface area (Å²) in [5, 5.41) is 0. The normalized spacial score (nSPS) is 24.9. The van der Waals surface area contributed by atoms with Gasteiger partial charge in [-0.15, -0.1) is 0 Å². The van der Waals surface area contributed by atoms with Gasteiger partial charge < -0.3 is 9.47 Å². The number of rotatable bonds is 4. The van der Waals surface area contributed by atoms with Crippen LogP contribution in [0.15, 0.2) is 0 Å². The third kappa shape index (κ3) is 4.21. The highest BCUT2D eigenvalue weighted by molar-refractivity contribution is 5.70. The Morgan fingerprint density at radius 2 is 1.19 bits per heavy atom. The molecule has 1 saturated carbocycles. The van der Waals surface area contributed by atoms with Gasteiger partial charge in [0.25, 0.3) is 0 Å². The Kier molecular flexibility index (Phi) is 5.29. The molecule has 0 unspecified atom stereocenters. The van der Waals surface area contributed by atoms with E-state index in [1.165, 1.54) is 14.2 Å². The van der Waals surface area contributed by atoms with E-state index in [0.717, 1.165) is 25.7 Å². The Hall–Kier alpha value is -1.06. The van der Waals surface area contributed by atoms with Crippen molar-refractivity contribution in [2.45, 2.75) is 38.5 Å². The van der Waals surface area contributed by atoms with Crippen LogP contribution in [0.1, 0.15) is 38.5 Å². The van der Waals surface area contributed by atoms with Crippen LogP contribution in [0.5, 0.6) is 0 Å². The van der Waals surface area contributed by atoms with Crippen molar-refractivity contribution >= 4 is 11.9 Å². The molecule has 92 valence electrons. The van der Waals surface area contributed by atoms with Gasteiger partial charge in [0, 0.05) is 12.8 Å². The van der Waals surface area contributed by atoms with Gasteiger partial charge in [-0.3, -0.25) is 9.59 Å². The van der Waals surface area contributed by atoms with Crippen LogP contribution >= 0.6 is 0 Å². The van der Waals surface area contributed by atoms with Gasteiger partial charge in [0.15, 0.2) is 0 Å². The molecule has 0 radical (unpaired) electrons. The van der Waals surface area contributed by atoms with Gasteiger partial charge in [-0.1, -0.05) is 0 Å². The summed E-state index contributed by atoms with van der Waals surface area (Å²) >= 11 is 0. The first kappa shape index (κ1) is 13.0. The van der Waals surface area contributed by atoms with E-state index < -0.39 is 0 Å². The van der Waals surface area contributed by atoms with Crippen LogP contribution in [0.25, 0.3) is 0 Å². The molecule has 0 spiro atoms. The number of hydrogen-bond donors (Lipinski definition) is 0. The zero-order chi connectivity index (χ0) is 12.0. The number of methoxy groups -OCH3 is 2. The number of ether oxygens (including phenoxy) is 2. The summed E-state index contributed by atoms with van der Waals surface area (Å²) in [6.07, 6.45) is 5.07. The van der Waals surface area contributed by atoms with Gasteiger partial charge in [-0.05, 0) is 37.5 Å². The molecule has 0 aromatic heterocycles. The van der Waals surface area contributed by atoms with Crippen LogP contribution in [0.2, 0.25) is 0 Å². The van der Waals surface area contributed by atoms with Gasteiger partial charge >= 0.3 is 11.9 Å². The average molecular weight is 228 g/mol. The summed E-state index contributed by atoms with van der Waals surface area (Å²) < 4.78 is 9.30. The minimum absolute atomic E-state index is 0.128. The van der Waals surface area contributed by atoms with E-state index >= 15 is 0 Å². The number of esters is 2. The molecule has 0 bridgehead atoms. The first-order valence-electron chi connectivity index (χ1n) is 5.79. The van der Waals surface area contributed by atoms with E-state index in [9.17, 15) is 9.59 Å². The fraction of sp³-hybridized carbons (Fsp3) is 0.833. The van der Waals surface area contributed by atoms with Crippen molar-refractivity contribution in [3.63, 3.8) is 0 Å². The van der Waals surface area contributed by atoms with Crippen molar-refractivity contribution in [3.05, 3.63) is 0 Å². The second-order valence-corrected chi connectivity index (χ2v) is 4.45. The van der Waals surface area contributed by atoms with Crippen molar-refractivity contribution in [2.24, 2.45) is 11.8 Å². The lowest BCUT2D eigenvalue weighted by atomic mass is 9.79. The molecule has 0 aromatic carbocycles. The molecule has 0 heterocycles. The van der Waals surface area contributed by atoms with Crippen LogP contribution in [-0.2, 0) is 19.1 Å². The lowest BCUT2D eigenvalue weighted by Crippen LogP contribution is -2.20. The number of carbonyl (C=O) groups excluding carboxylic acids is 2. The second kappa shape index (κ2) is 6.51. The first-order chi connectivity index (χ1) is 7.65. The molecule has 1 rings (SSSR count). The highest BCUT2D eigenvalue weighted by Crippen LogP contribution is 2.32. The first-order valence-corrected chi connectivity index (χ1v) is 5.79. The number of carbonyl (C=O) groups is 2. The highest BCUT2D eigenvalue weighted by atomic mass is 16.5. The van der Waals surface area contributed by atoms with Gasteiger partial charge in [0.05, 0.1) is 14.2 Å². The molecule has 16 heavy (non-hydrogen) atoms. The Labute approximate surface area is 96.3 Å². The molecule has 0 aliphatic heterocycles. The Balaban J connectivity index is 2.23. The smallest absolute Gasteiger partial charge is 0.305 e. The fourth-order valence-corrected chi connectivity index (χ4v) is 2.28. The third-order valence-corrected chi connectivity index (χ3v) is 3.33. The van der Waals surface area contributed by atoms with Crippen LogP contribution < -0.4 is 0 Å². The Morgan fingerprint density at radius 1 is 0.875 bits per heavy atom. The van der Waals surface area contributed by atoms with Crippen molar-refractivity contribution < 1.29 is 19.1 Å². The summed E-state index contributed by atoms with van der Waals surface area (Å²) in [5.41, 5.74) is 0. The largest absolute Gasteiger partial charge is 0.469 e. The summed E-state index contributed by atoms with van der Waals surface area (Å²) in [7, 11) is 2.84. The van der Waals surface area contributed by atoms with Crippen LogP contribution in [0.4, 0.5) is 0 Å². The molecular formula is C12H20O4. The molecule has 0 atom stereocenters. The maximum atomic E-state index is 11.1. The molecule has 0 N–H and O–H groups in total. The van der Waals surface area contributed by atoms with E-state index in [1.807, 2.05) is 0 Å². The van der Waals surface area contributed by atoms with Gasteiger partial charge in [0.2, 0.25) is 0 Å². The fourth-order valence-electron chi connectivity index (χ4n) is 2.28. The zero-order valence-corrected chi connectivity index (χ0v) is 10.0. The molecule has 0 aromatic rings. The molecular weight excluding hydrogens is 208 g/mol. The molecule has 4 heteroatoms. The lowest BCUT2D eigenvalue weighted by Gasteiger charge is -2.27. The summed E-state index contributed by atoms with van der Waals surface area (Å²) in [6, 6.07) is 0. The number of hydrogen-bond acceptors (Lipinski definition) is 4. The SMILES string of the molecule is COC(=O)C[C@H]1CC[C@H](CC(=O)OC)CC1. The van der Waals surface area contributed by atoms with Gasteiger partial charge in [0.1, 0.15) is 0 Å². The predicted molar refractivity (Wildman–Crippen MR) is 58.7 cm³/mol. The minimum atomic E-state index is -0.128. The molecule has 1 fully saturated rings. The Morgan fingerprint density at radius 3 is 1.44 bits per heavy atom. The Bertz CT molecular complexity index is 215. The van der Waals surface area contributed by atoms with Crippen LogP contribution in [-0.4, -0.2) is 26.2 Å². The van der Waals surface area contributed by atoms with E-state index in [0.29, 0.717) is 24.7 Å². The molecule has 1 aliphatic rings. The molecule has 0 amide bonds. The molecule has 4 nitrogen and oxygen atoms in total. The van der Waals surface area contributed by atoms with Crippen LogP contribution in [0, 0.1) is 11.8 Å². The zero-order valence-electron chi connectivity index (χ0n) is 10.0. The summed E-state index contributed by atoms with van der Waals surface area (Å²) in [6.45, 7) is 0. The van der Waals surface area contributed by atoms with Crippen molar-refractivity contribution in [2.75, 3.05) is 14.2 Å². The summed E-state index contributed by atoms with van der Waals surface area (Å²) in [4.78, 5) is 22.2. The van der Waals surface area contributed by atoms with E-state index in [4.69, 9.17) is 0 Å². The lowest BCUT2D eigenvalue weighted by molar-refractivity contribution is -0.144. The quantitative estimate of drug-likeness (QED) is 0.690.